The summed E-state index contributed by atoms with van der Waals surface area (Å²) in [5.74, 6) is -5.93. The lowest BCUT2D eigenvalue weighted by Gasteiger charge is -2.73. The van der Waals surface area contributed by atoms with E-state index >= 15 is 0 Å². The molecule has 258 valence electrons. The first-order valence-corrected chi connectivity index (χ1v) is 16.6. The molecule has 2 heterocycles. The fraction of sp³-hybridized carbons (Fsp3) is 0.743. The molecule has 12 nitrogen and oxygen atoms in total. The van der Waals surface area contributed by atoms with Crippen LogP contribution in [0.3, 0.4) is 0 Å². The largest absolute Gasteiger partial charge is 0.472 e. The van der Waals surface area contributed by atoms with Gasteiger partial charge in [-0.25, -0.2) is 0 Å². The minimum atomic E-state index is -1.61. The van der Waals surface area contributed by atoms with Crippen molar-refractivity contribution in [3.8, 4) is 0 Å². The summed E-state index contributed by atoms with van der Waals surface area (Å²) in [4.78, 5) is 67.3. The van der Waals surface area contributed by atoms with Gasteiger partial charge in [-0.2, -0.15) is 0 Å². The van der Waals surface area contributed by atoms with Crippen LogP contribution in [-0.2, 0) is 42.9 Å². The summed E-state index contributed by atoms with van der Waals surface area (Å²) >= 11 is 0. The molecule has 2 N–H and O–H groups in total. The van der Waals surface area contributed by atoms with Crippen LogP contribution in [0.2, 0.25) is 0 Å². The molecular weight excluding hydrogens is 612 g/mol. The SMILES string of the molecule is CCC(C)C(=O)OC1OC[C@]23[C@@H](O)[C@@H](OC(C)=O)[C@@H](OC(C)=O)[C@@]1(C)[C@@H]2C[C@@H](O)[C@@]1(C)[C@@H]2C(=O)C[C@@H](c4ccoc4)[C@]2(C)CC(=O)[C@@H]13. The van der Waals surface area contributed by atoms with Crippen molar-refractivity contribution in [3.05, 3.63) is 24.2 Å². The van der Waals surface area contributed by atoms with Crippen LogP contribution in [0.1, 0.15) is 85.6 Å². The van der Waals surface area contributed by atoms with Gasteiger partial charge in [-0.1, -0.05) is 27.7 Å². The number of aliphatic hydroxyl groups is 2. The number of furan rings is 1. The Morgan fingerprint density at radius 2 is 1.68 bits per heavy atom. The van der Waals surface area contributed by atoms with Gasteiger partial charge < -0.3 is 33.6 Å². The molecule has 2 bridgehead atoms. The minimum Gasteiger partial charge on any atom is -0.472 e. The molecule has 1 aromatic heterocycles. The number of hydrogen-bond donors (Lipinski definition) is 2. The van der Waals surface area contributed by atoms with Crippen molar-refractivity contribution < 1.29 is 57.6 Å². The Morgan fingerprint density at radius 1 is 1.00 bits per heavy atom. The zero-order valence-corrected chi connectivity index (χ0v) is 28.0. The van der Waals surface area contributed by atoms with E-state index in [1.807, 2.05) is 13.8 Å². The number of Topliss-reactive ketones (excluding diaryl/α,β-unsaturated/α-hetero) is 2. The lowest BCUT2D eigenvalue weighted by Crippen LogP contribution is -2.82. The molecular formula is C35H46O12. The lowest BCUT2D eigenvalue weighted by atomic mass is 9.33. The number of rotatable bonds is 6. The highest BCUT2D eigenvalue weighted by molar-refractivity contribution is 5.94. The van der Waals surface area contributed by atoms with Gasteiger partial charge >= 0.3 is 17.9 Å². The molecule has 6 rings (SSSR count). The van der Waals surface area contributed by atoms with Crippen LogP contribution in [0.25, 0.3) is 0 Å². The Morgan fingerprint density at radius 3 is 2.28 bits per heavy atom. The van der Waals surface area contributed by atoms with Crippen molar-refractivity contribution in [2.45, 2.75) is 111 Å². The Labute approximate surface area is 273 Å². The third kappa shape index (κ3) is 4.46. The Hall–Kier alpha value is -3.09. The summed E-state index contributed by atoms with van der Waals surface area (Å²) in [7, 11) is 0. The second-order valence-corrected chi connectivity index (χ2v) is 15.4. The second kappa shape index (κ2) is 11.2. The summed E-state index contributed by atoms with van der Waals surface area (Å²) in [5, 5.41) is 24.7. The molecule has 2 unspecified atom stereocenters. The third-order valence-corrected chi connectivity index (χ3v) is 13.0. The maximum atomic E-state index is 14.8. The van der Waals surface area contributed by atoms with Gasteiger partial charge in [0.25, 0.3) is 0 Å². The fourth-order valence-corrected chi connectivity index (χ4v) is 11.0. The fourth-order valence-electron chi connectivity index (χ4n) is 11.0. The van der Waals surface area contributed by atoms with Gasteiger partial charge in [0.2, 0.25) is 6.29 Å². The average molecular weight is 659 g/mol. The van der Waals surface area contributed by atoms with Crippen LogP contribution in [-0.4, -0.2) is 77.0 Å². The van der Waals surface area contributed by atoms with Gasteiger partial charge in [0.15, 0.2) is 12.2 Å². The summed E-state index contributed by atoms with van der Waals surface area (Å²) < 4.78 is 29.2. The number of hydrogen-bond acceptors (Lipinski definition) is 12. The summed E-state index contributed by atoms with van der Waals surface area (Å²) in [5.41, 5.74) is -4.40. The molecule has 4 saturated carbocycles. The van der Waals surface area contributed by atoms with Crippen molar-refractivity contribution >= 4 is 29.5 Å². The van der Waals surface area contributed by atoms with Crippen molar-refractivity contribution in [2.75, 3.05) is 6.61 Å². The van der Waals surface area contributed by atoms with E-state index in [0.717, 1.165) is 12.5 Å². The minimum absolute atomic E-state index is 0.0117. The molecule has 12 heteroatoms. The maximum Gasteiger partial charge on any atom is 0.310 e. The highest BCUT2D eigenvalue weighted by Crippen LogP contribution is 2.75. The number of carbonyl (C=O) groups excluding carboxylic acids is 5. The summed E-state index contributed by atoms with van der Waals surface area (Å²) in [6, 6.07) is 1.79. The van der Waals surface area contributed by atoms with Crippen LogP contribution in [0.15, 0.2) is 23.0 Å². The van der Waals surface area contributed by atoms with E-state index in [1.165, 1.54) is 13.2 Å². The molecule has 1 saturated heterocycles. The standard InChI is InChI=1S/C35H46O12/c1-8-16(2)30(42)47-31-33(6)23-12-24(40)34(7)26-21(38)11-20(19-9-10-43-14-19)32(26,5)13-22(39)27(34)35(23,15-44-31)28(41)25(45-17(3)36)29(33)46-18(4)37/h9-10,14,16,20,23-29,31,40-41H,8,11-13,15H2,1-7H3/t16?,20-,23-,24+,25+,26+,27-,28-,29+,31?,32-,33+,34-,35-/m0/s1. The van der Waals surface area contributed by atoms with Crippen LogP contribution in [0.5, 0.6) is 0 Å². The number of ether oxygens (including phenoxy) is 4. The quantitative estimate of drug-likeness (QED) is 0.338. The molecule has 5 fully saturated rings. The highest BCUT2D eigenvalue weighted by atomic mass is 16.7. The first kappa shape index (κ1) is 33.8. The van der Waals surface area contributed by atoms with Crippen molar-refractivity contribution in [3.63, 3.8) is 0 Å². The zero-order chi connectivity index (χ0) is 34.4. The smallest absolute Gasteiger partial charge is 0.310 e. The van der Waals surface area contributed by atoms with E-state index in [1.54, 1.807) is 33.1 Å². The number of carbonyl (C=O) groups is 5. The average Bonchev–Trinajstić information content (AvgIpc) is 3.61. The molecule has 0 aromatic carbocycles. The Bertz CT molecular complexity index is 1470. The maximum absolute atomic E-state index is 14.8. The number of aliphatic hydroxyl groups excluding tert-OH is 2. The monoisotopic (exact) mass is 658 g/mol. The number of fused-ring (bicyclic) bond motifs is 3. The number of esters is 3. The van der Waals surface area contributed by atoms with Crippen molar-refractivity contribution in [2.24, 2.45) is 45.3 Å². The third-order valence-electron chi connectivity index (χ3n) is 13.0. The van der Waals surface area contributed by atoms with E-state index in [9.17, 15) is 34.2 Å². The molecule has 0 radical (unpaired) electrons. The van der Waals surface area contributed by atoms with Crippen molar-refractivity contribution in [1.29, 1.82) is 0 Å². The van der Waals surface area contributed by atoms with Crippen molar-refractivity contribution in [1.82, 2.24) is 0 Å². The molecule has 14 atom stereocenters. The predicted octanol–water partition coefficient (Wildman–Crippen LogP) is 3.11. The molecule has 47 heavy (non-hydrogen) atoms. The molecule has 1 aliphatic heterocycles. The molecule has 4 aliphatic carbocycles. The normalized spacial score (nSPS) is 46.0. The lowest BCUT2D eigenvalue weighted by molar-refractivity contribution is -0.387. The molecule has 0 spiro atoms. The van der Waals surface area contributed by atoms with Gasteiger partial charge in [-0.15, -0.1) is 0 Å². The second-order valence-electron chi connectivity index (χ2n) is 15.4. The number of ketones is 2. The first-order valence-electron chi connectivity index (χ1n) is 16.6. The van der Waals surface area contributed by atoms with Crippen LogP contribution >= 0.6 is 0 Å². The summed E-state index contributed by atoms with van der Waals surface area (Å²) in [6.07, 6.45) is -3.28. The van der Waals surface area contributed by atoms with Gasteiger partial charge in [0, 0.05) is 55.3 Å². The van der Waals surface area contributed by atoms with Gasteiger partial charge in [-0.3, -0.25) is 24.0 Å². The topological polar surface area (TPSA) is 176 Å². The van der Waals surface area contributed by atoms with Gasteiger partial charge in [0.1, 0.15) is 17.7 Å². The Balaban J connectivity index is 1.54. The zero-order valence-electron chi connectivity index (χ0n) is 28.0. The predicted molar refractivity (Wildman–Crippen MR) is 161 cm³/mol. The Kier molecular flexibility index (Phi) is 8.08. The molecule has 0 amide bonds. The van der Waals surface area contributed by atoms with Gasteiger partial charge in [0.05, 0.1) is 36.6 Å². The van der Waals surface area contributed by atoms with E-state index in [2.05, 4.69) is 0 Å². The van der Waals surface area contributed by atoms with Crippen LogP contribution < -0.4 is 0 Å². The van der Waals surface area contributed by atoms with E-state index < -0.39 is 93.9 Å². The van der Waals surface area contributed by atoms with Crippen LogP contribution in [0.4, 0.5) is 0 Å². The van der Waals surface area contributed by atoms with E-state index in [-0.39, 0.29) is 43.4 Å². The van der Waals surface area contributed by atoms with Crippen LogP contribution in [0, 0.1) is 45.3 Å². The summed E-state index contributed by atoms with van der Waals surface area (Å²) in [6.45, 7) is 10.9. The first-order chi connectivity index (χ1) is 22.0. The van der Waals surface area contributed by atoms with Gasteiger partial charge in [-0.05, 0) is 42.7 Å². The van der Waals surface area contributed by atoms with E-state index in [4.69, 9.17) is 23.4 Å². The molecule has 1 aromatic rings. The highest BCUT2D eigenvalue weighted by Gasteiger charge is 2.82. The molecule has 5 aliphatic rings. The van der Waals surface area contributed by atoms with E-state index in [0.29, 0.717) is 6.42 Å².